The largest absolute Gasteiger partial charge is 0.482 e. The number of carbonyl (C=O) groups is 2. The van der Waals surface area contributed by atoms with E-state index in [-0.39, 0.29) is 18.9 Å². The number of carboxylic acid groups (broad SMARTS) is 1. The van der Waals surface area contributed by atoms with Crippen LogP contribution in [0.2, 0.25) is 0 Å². The van der Waals surface area contributed by atoms with Gasteiger partial charge in [0.15, 0.2) is 6.61 Å². The fourth-order valence-corrected chi connectivity index (χ4v) is 1.49. The molecule has 2 N–H and O–H groups in total. The van der Waals surface area contributed by atoms with Crippen molar-refractivity contribution in [3.63, 3.8) is 0 Å². The SMILES string of the molecule is O=C(O)CC=Cc1ccc2c(c1)OCC(=O)N2. The Hall–Kier alpha value is -2.30. The quantitative estimate of drug-likeness (QED) is 0.829. The number of carbonyl (C=O) groups excluding carboxylic acids is 1. The zero-order chi connectivity index (χ0) is 12.3. The number of fused-ring (bicyclic) bond motifs is 1. The molecular weight excluding hydrogens is 222 g/mol. The lowest BCUT2D eigenvalue weighted by Gasteiger charge is -2.17. The molecule has 0 unspecified atom stereocenters. The lowest BCUT2D eigenvalue weighted by molar-refractivity contribution is -0.136. The van der Waals surface area contributed by atoms with Crippen LogP contribution in [0.3, 0.4) is 0 Å². The molecule has 0 saturated carbocycles. The summed E-state index contributed by atoms with van der Waals surface area (Å²) in [6, 6.07) is 5.27. The summed E-state index contributed by atoms with van der Waals surface area (Å²) in [7, 11) is 0. The van der Waals surface area contributed by atoms with Crippen molar-refractivity contribution in [1.29, 1.82) is 0 Å². The van der Waals surface area contributed by atoms with Crippen molar-refractivity contribution >= 4 is 23.6 Å². The maximum atomic E-state index is 11.0. The number of carboxylic acids is 1. The Morgan fingerprint density at radius 3 is 3.12 bits per heavy atom. The van der Waals surface area contributed by atoms with E-state index in [1.54, 1.807) is 30.4 Å². The first-order valence-corrected chi connectivity index (χ1v) is 5.10. The van der Waals surface area contributed by atoms with Gasteiger partial charge in [0.1, 0.15) is 5.75 Å². The van der Waals surface area contributed by atoms with Gasteiger partial charge in [-0.1, -0.05) is 18.2 Å². The predicted molar refractivity (Wildman–Crippen MR) is 61.9 cm³/mol. The molecule has 5 nitrogen and oxygen atoms in total. The van der Waals surface area contributed by atoms with Gasteiger partial charge in [-0.2, -0.15) is 0 Å². The predicted octanol–water partition coefficient (Wildman–Crippen LogP) is 1.51. The summed E-state index contributed by atoms with van der Waals surface area (Å²) in [4.78, 5) is 21.4. The Bertz CT molecular complexity index is 493. The van der Waals surface area contributed by atoms with Gasteiger partial charge < -0.3 is 15.2 Å². The Morgan fingerprint density at radius 2 is 2.35 bits per heavy atom. The van der Waals surface area contributed by atoms with Crippen LogP contribution in [0, 0.1) is 0 Å². The van der Waals surface area contributed by atoms with Crippen molar-refractivity contribution in [3.8, 4) is 5.75 Å². The lowest BCUT2D eigenvalue weighted by Crippen LogP contribution is -2.25. The van der Waals surface area contributed by atoms with Crippen LogP contribution in [0.5, 0.6) is 5.75 Å². The molecule has 0 spiro atoms. The number of ether oxygens (including phenoxy) is 1. The molecule has 5 heteroatoms. The molecule has 2 rings (SSSR count). The maximum Gasteiger partial charge on any atom is 0.307 e. The number of aliphatic carboxylic acids is 1. The summed E-state index contributed by atoms with van der Waals surface area (Å²) >= 11 is 0. The van der Waals surface area contributed by atoms with E-state index in [1.165, 1.54) is 0 Å². The van der Waals surface area contributed by atoms with Crippen LogP contribution < -0.4 is 10.1 Å². The van der Waals surface area contributed by atoms with E-state index < -0.39 is 5.97 Å². The second-order valence-corrected chi connectivity index (χ2v) is 3.59. The molecular formula is C12H11NO4. The van der Waals surface area contributed by atoms with Gasteiger partial charge in [-0.15, -0.1) is 0 Å². The molecule has 0 fully saturated rings. The van der Waals surface area contributed by atoms with Gasteiger partial charge in [0.2, 0.25) is 0 Å². The second kappa shape index (κ2) is 4.69. The van der Waals surface area contributed by atoms with Crippen LogP contribution in [0.1, 0.15) is 12.0 Å². The first-order valence-electron chi connectivity index (χ1n) is 5.10. The summed E-state index contributed by atoms with van der Waals surface area (Å²) in [6.07, 6.45) is 3.24. The minimum Gasteiger partial charge on any atom is -0.482 e. The highest BCUT2D eigenvalue weighted by molar-refractivity contribution is 5.95. The zero-order valence-corrected chi connectivity index (χ0v) is 8.97. The molecule has 0 aromatic heterocycles. The third-order valence-electron chi connectivity index (χ3n) is 2.24. The normalized spacial score (nSPS) is 14.0. The van der Waals surface area contributed by atoms with Gasteiger partial charge in [-0.3, -0.25) is 9.59 Å². The Balaban J connectivity index is 2.14. The van der Waals surface area contributed by atoms with Crippen LogP contribution in [0.15, 0.2) is 24.3 Å². The van der Waals surface area contributed by atoms with Gasteiger partial charge in [0, 0.05) is 0 Å². The van der Waals surface area contributed by atoms with Crippen molar-refractivity contribution in [2.45, 2.75) is 6.42 Å². The second-order valence-electron chi connectivity index (χ2n) is 3.59. The van der Waals surface area contributed by atoms with E-state index in [4.69, 9.17) is 9.84 Å². The number of hydrogen-bond donors (Lipinski definition) is 2. The van der Waals surface area contributed by atoms with E-state index in [0.717, 1.165) is 5.56 Å². The van der Waals surface area contributed by atoms with Crippen molar-refractivity contribution < 1.29 is 19.4 Å². The van der Waals surface area contributed by atoms with Crippen LogP contribution >= 0.6 is 0 Å². The molecule has 1 aromatic rings. The van der Waals surface area contributed by atoms with Crippen molar-refractivity contribution in [3.05, 3.63) is 29.8 Å². The summed E-state index contributed by atoms with van der Waals surface area (Å²) in [5.41, 5.74) is 1.47. The average Bonchev–Trinajstić information content (AvgIpc) is 2.29. The van der Waals surface area contributed by atoms with Gasteiger partial charge in [0.25, 0.3) is 5.91 Å². The van der Waals surface area contributed by atoms with Crippen molar-refractivity contribution in [1.82, 2.24) is 0 Å². The molecule has 1 aromatic carbocycles. The number of anilines is 1. The molecule has 1 heterocycles. The minimum atomic E-state index is -0.872. The summed E-state index contributed by atoms with van der Waals surface area (Å²) in [6.45, 7) is 0.00922. The van der Waals surface area contributed by atoms with E-state index in [2.05, 4.69) is 5.32 Å². The summed E-state index contributed by atoms with van der Waals surface area (Å²) in [5, 5.41) is 11.2. The Labute approximate surface area is 97.7 Å². The maximum absolute atomic E-state index is 11.0. The van der Waals surface area contributed by atoms with Gasteiger partial charge >= 0.3 is 5.97 Å². The Morgan fingerprint density at radius 1 is 1.53 bits per heavy atom. The summed E-state index contributed by atoms with van der Waals surface area (Å²) < 4.78 is 5.24. The third kappa shape index (κ3) is 2.84. The molecule has 0 saturated heterocycles. The molecule has 0 bridgehead atoms. The number of rotatable bonds is 3. The van der Waals surface area contributed by atoms with E-state index in [9.17, 15) is 9.59 Å². The van der Waals surface area contributed by atoms with E-state index >= 15 is 0 Å². The molecule has 1 aliphatic rings. The molecule has 1 amide bonds. The minimum absolute atomic E-state index is 0.00922. The number of nitrogens with one attached hydrogen (secondary N) is 1. The molecule has 0 radical (unpaired) electrons. The highest BCUT2D eigenvalue weighted by Crippen LogP contribution is 2.28. The monoisotopic (exact) mass is 233 g/mol. The molecule has 0 aliphatic carbocycles. The summed E-state index contributed by atoms with van der Waals surface area (Å²) in [5.74, 6) is -0.448. The van der Waals surface area contributed by atoms with Crippen molar-refractivity contribution in [2.75, 3.05) is 11.9 Å². The topological polar surface area (TPSA) is 75.6 Å². The van der Waals surface area contributed by atoms with Gasteiger partial charge in [-0.05, 0) is 17.7 Å². The number of hydrogen-bond acceptors (Lipinski definition) is 3. The van der Waals surface area contributed by atoms with Gasteiger partial charge in [-0.25, -0.2) is 0 Å². The molecule has 88 valence electrons. The van der Waals surface area contributed by atoms with E-state index in [1.807, 2.05) is 0 Å². The molecule has 1 aliphatic heterocycles. The van der Waals surface area contributed by atoms with Crippen LogP contribution in [-0.2, 0) is 9.59 Å². The number of benzene rings is 1. The third-order valence-corrected chi connectivity index (χ3v) is 2.24. The smallest absolute Gasteiger partial charge is 0.307 e. The van der Waals surface area contributed by atoms with Crippen LogP contribution in [0.25, 0.3) is 6.08 Å². The van der Waals surface area contributed by atoms with Gasteiger partial charge in [0.05, 0.1) is 12.1 Å². The Kier molecular flexibility index (Phi) is 3.09. The first kappa shape index (κ1) is 11.2. The zero-order valence-electron chi connectivity index (χ0n) is 8.97. The highest BCUT2D eigenvalue weighted by Gasteiger charge is 2.15. The number of amides is 1. The average molecular weight is 233 g/mol. The van der Waals surface area contributed by atoms with Crippen molar-refractivity contribution in [2.24, 2.45) is 0 Å². The van der Waals surface area contributed by atoms with E-state index in [0.29, 0.717) is 11.4 Å². The molecule has 17 heavy (non-hydrogen) atoms. The fraction of sp³-hybridized carbons (Fsp3) is 0.167. The fourth-order valence-electron chi connectivity index (χ4n) is 1.49. The van der Waals surface area contributed by atoms with Crippen LogP contribution in [-0.4, -0.2) is 23.6 Å². The molecule has 0 atom stereocenters. The standard InChI is InChI=1S/C12H11NO4/c14-11-7-17-10-6-8(2-1-3-12(15)16)4-5-9(10)13-11/h1-2,4-6H,3,7H2,(H,13,14)(H,15,16). The first-order chi connectivity index (χ1) is 8.15. The van der Waals surface area contributed by atoms with Crippen LogP contribution in [0.4, 0.5) is 5.69 Å². The highest BCUT2D eigenvalue weighted by atomic mass is 16.5. The lowest BCUT2D eigenvalue weighted by atomic mass is 10.1.